The van der Waals surface area contributed by atoms with Crippen LogP contribution in [0.2, 0.25) is 0 Å². The van der Waals surface area contributed by atoms with E-state index in [1.807, 2.05) is 12.1 Å². The minimum atomic E-state index is 0.305. The van der Waals surface area contributed by atoms with Gasteiger partial charge >= 0.3 is 6.98 Å². The second-order valence-electron chi connectivity index (χ2n) is 6.98. The van der Waals surface area contributed by atoms with E-state index >= 15 is 0 Å². The van der Waals surface area contributed by atoms with Crippen LogP contribution in [-0.2, 0) is 0 Å². The van der Waals surface area contributed by atoms with E-state index in [9.17, 15) is 0 Å². The van der Waals surface area contributed by atoms with Crippen molar-refractivity contribution in [2.45, 2.75) is 79.6 Å². The molecular formula is C18H32BN2. The van der Waals surface area contributed by atoms with Gasteiger partial charge in [-0.25, -0.2) is 0 Å². The maximum absolute atomic E-state index is 3.15. The van der Waals surface area contributed by atoms with E-state index in [1.54, 1.807) is 0 Å². The summed E-state index contributed by atoms with van der Waals surface area (Å²) in [7, 11) is 0. The molecule has 0 fully saturated rings. The average molecular weight is 287 g/mol. The average Bonchev–Trinajstić information content (AvgIpc) is 2.37. The molecule has 0 aliphatic carbocycles. The van der Waals surface area contributed by atoms with E-state index in [4.69, 9.17) is 0 Å². The Hall–Kier alpha value is -0.795. The van der Waals surface area contributed by atoms with Gasteiger partial charge in [0.2, 0.25) is 0 Å². The van der Waals surface area contributed by atoms with Crippen LogP contribution in [0.25, 0.3) is 0 Å². The van der Waals surface area contributed by atoms with Crippen LogP contribution in [0.5, 0.6) is 0 Å². The van der Waals surface area contributed by atoms with E-state index in [-0.39, 0.29) is 0 Å². The fourth-order valence-electron chi connectivity index (χ4n) is 3.39. The van der Waals surface area contributed by atoms with Crippen LogP contribution in [0.15, 0.2) is 24.3 Å². The third-order valence-corrected chi connectivity index (χ3v) is 3.99. The lowest BCUT2D eigenvalue weighted by molar-refractivity contribution is 0.228. The summed E-state index contributed by atoms with van der Waals surface area (Å²) in [6.45, 7) is 18.6. The van der Waals surface area contributed by atoms with Gasteiger partial charge in [0.05, 0.1) is 0 Å². The second-order valence-corrected chi connectivity index (χ2v) is 6.98. The van der Waals surface area contributed by atoms with Gasteiger partial charge in [0.1, 0.15) is 0 Å². The molecule has 1 aromatic carbocycles. The molecule has 0 saturated carbocycles. The minimum Gasteiger partial charge on any atom is -0.320 e. The number of benzene rings is 1. The lowest BCUT2D eigenvalue weighted by atomic mass is 9.61. The van der Waals surface area contributed by atoms with Gasteiger partial charge in [-0.3, -0.25) is 0 Å². The first-order valence-corrected chi connectivity index (χ1v) is 8.28. The zero-order chi connectivity index (χ0) is 16.2. The van der Waals surface area contributed by atoms with Crippen LogP contribution in [0.1, 0.15) is 55.4 Å². The van der Waals surface area contributed by atoms with E-state index in [0.717, 1.165) is 0 Å². The maximum atomic E-state index is 3.15. The summed E-state index contributed by atoms with van der Waals surface area (Å²) < 4.78 is 0. The van der Waals surface area contributed by atoms with Crippen molar-refractivity contribution in [3.63, 3.8) is 0 Å². The smallest absolute Gasteiger partial charge is 0.320 e. The molecule has 0 atom stereocenters. The monoisotopic (exact) mass is 287 g/mol. The van der Waals surface area contributed by atoms with Crippen molar-refractivity contribution in [1.29, 1.82) is 0 Å². The van der Waals surface area contributed by atoms with Gasteiger partial charge < -0.3 is 9.62 Å². The second kappa shape index (κ2) is 8.00. The summed E-state index contributed by atoms with van der Waals surface area (Å²) >= 11 is 0. The van der Waals surface area contributed by atoms with Crippen molar-refractivity contribution in [2.75, 3.05) is 0 Å². The summed E-state index contributed by atoms with van der Waals surface area (Å²) in [6, 6.07) is 13.6. The van der Waals surface area contributed by atoms with Gasteiger partial charge in [-0.2, -0.15) is 0 Å². The Labute approximate surface area is 132 Å². The van der Waals surface area contributed by atoms with Gasteiger partial charge in [-0.15, -0.1) is 0 Å². The number of rotatable bonds is 7. The molecule has 0 bridgehead atoms. The van der Waals surface area contributed by atoms with Crippen molar-refractivity contribution >= 4 is 12.4 Å². The Morgan fingerprint density at radius 2 is 1.05 bits per heavy atom. The molecular weight excluding hydrogens is 255 g/mol. The first-order chi connectivity index (χ1) is 9.77. The SMILES string of the molecule is CC(C)N(B(c1cc[c]cc1)N(C(C)C)C(C)C)C(C)C. The predicted molar refractivity (Wildman–Crippen MR) is 94.9 cm³/mol. The molecule has 1 rings (SSSR count). The number of hydrogen-bond acceptors (Lipinski definition) is 2. The van der Waals surface area contributed by atoms with Crippen LogP contribution in [0.3, 0.4) is 0 Å². The molecule has 3 heteroatoms. The Balaban J connectivity index is 3.34. The van der Waals surface area contributed by atoms with Gasteiger partial charge in [0.15, 0.2) is 0 Å². The summed E-state index contributed by atoms with van der Waals surface area (Å²) in [4.78, 5) is 5.21. The van der Waals surface area contributed by atoms with Crippen LogP contribution in [0.4, 0.5) is 0 Å². The third kappa shape index (κ3) is 4.59. The van der Waals surface area contributed by atoms with E-state index in [1.165, 1.54) is 5.46 Å². The quantitative estimate of drug-likeness (QED) is 0.709. The highest BCUT2D eigenvalue weighted by Gasteiger charge is 2.37. The Bertz CT molecular complexity index is 365. The maximum Gasteiger partial charge on any atom is 0.347 e. The van der Waals surface area contributed by atoms with Crippen molar-refractivity contribution in [3.8, 4) is 0 Å². The van der Waals surface area contributed by atoms with Crippen LogP contribution in [0, 0.1) is 6.07 Å². The van der Waals surface area contributed by atoms with E-state index < -0.39 is 0 Å². The van der Waals surface area contributed by atoms with Crippen molar-refractivity contribution in [3.05, 3.63) is 30.3 Å². The standard InChI is InChI=1S/C18H32BN2/c1-14(2)20(15(3)4)19(18-12-10-9-11-13-18)21(16(5)6)17(7)8/h10-17H,1-8H3. The molecule has 21 heavy (non-hydrogen) atoms. The summed E-state index contributed by atoms with van der Waals surface area (Å²) in [5.74, 6) is 0. The summed E-state index contributed by atoms with van der Waals surface area (Å²) in [5, 5.41) is 0. The third-order valence-electron chi connectivity index (χ3n) is 3.99. The van der Waals surface area contributed by atoms with Gasteiger partial charge in [0.25, 0.3) is 0 Å². The fourth-order valence-corrected chi connectivity index (χ4v) is 3.39. The minimum absolute atomic E-state index is 0.305. The van der Waals surface area contributed by atoms with Crippen molar-refractivity contribution in [2.24, 2.45) is 0 Å². The Kier molecular flexibility index (Phi) is 6.95. The van der Waals surface area contributed by atoms with Gasteiger partial charge in [0, 0.05) is 0 Å². The predicted octanol–water partition coefficient (Wildman–Crippen LogP) is 3.42. The number of hydrogen-bond donors (Lipinski definition) is 0. The lowest BCUT2D eigenvalue weighted by Gasteiger charge is -2.45. The molecule has 0 N–H and O–H groups in total. The zero-order valence-corrected chi connectivity index (χ0v) is 15.1. The van der Waals surface area contributed by atoms with Crippen LogP contribution < -0.4 is 5.46 Å². The fraction of sp³-hybridized carbons (Fsp3) is 0.667. The molecule has 0 spiro atoms. The highest BCUT2D eigenvalue weighted by atomic mass is 15.3. The summed E-state index contributed by atoms with van der Waals surface area (Å²) in [6.07, 6.45) is 0. The van der Waals surface area contributed by atoms with Crippen molar-refractivity contribution < 1.29 is 0 Å². The number of nitrogens with zero attached hydrogens (tertiary/aromatic N) is 2. The molecule has 0 saturated heterocycles. The highest BCUT2D eigenvalue weighted by Crippen LogP contribution is 2.17. The molecule has 0 amide bonds. The largest absolute Gasteiger partial charge is 0.347 e. The Morgan fingerprint density at radius 3 is 1.33 bits per heavy atom. The molecule has 0 aliphatic heterocycles. The highest BCUT2D eigenvalue weighted by molar-refractivity contribution is 6.68. The van der Waals surface area contributed by atoms with E-state index in [2.05, 4.69) is 83.2 Å². The van der Waals surface area contributed by atoms with Crippen LogP contribution in [-0.4, -0.2) is 40.8 Å². The van der Waals surface area contributed by atoms with Crippen LogP contribution >= 0.6 is 0 Å². The molecule has 0 heterocycles. The first kappa shape index (κ1) is 18.3. The summed E-state index contributed by atoms with van der Waals surface area (Å²) in [5.41, 5.74) is 1.36. The molecule has 0 aromatic heterocycles. The van der Waals surface area contributed by atoms with E-state index in [0.29, 0.717) is 31.1 Å². The first-order valence-electron chi connectivity index (χ1n) is 8.28. The zero-order valence-electron chi connectivity index (χ0n) is 15.1. The normalized spacial score (nSPS) is 12.5. The molecule has 117 valence electrons. The van der Waals surface area contributed by atoms with Gasteiger partial charge in [-0.05, 0) is 35.7 Å². The Morgan fingerprint density at radius 1 is 0.714 bits per heavy atom. The van der Waals surface area contributed by atoms with Gasteiger partial charge in [-0.1, -0.05) is 79.7 Å². The molecule has 0 aliphatic rings. The molecule has 1 aromatic rings. The molecule has 2 nitrogen and oxygen atoms in total. The lowest BCUT2D eigenvalue weighted by Crippen LogP contribution is -2.67. The van der Waals surface area contributed by atoms with Crippen molar-refractivity contribution in [1.82, 2.24) is 9.62 Å². The topological polar surface area (TPSA) is 6.48 Å². The molecule has 0 unspecified atom stereocenters. The molecule has 1 radical (unpaired) electrons.